The van der Waals surface area contributed by atoms with Gasteiger partial charge in [-0.1, -0.05) is 146 Å². The molecule has 0 amide bonds. The topological polar surface area (TPSA) is 52.0 Å². The van der Waals surface area contributed by atoms with E-state index >= 15 is 0 Å². The maximum Gasteiger partial charge on any atom is 0.0713 e. The first-order valence-electron chi connectivity index (χ1n) is 16.8. The summed E-state index contributed by atoms with van der Waals surface area (Å²) in [5.74, 6) is 0. The Kier molecular flexibility index (Phi) is 5.83. The van der Waals surface area contributed by atoms with Crippen LogP contribution >= 0.6 is 0 Å². The van der Waals surface area contributed by atoms with Crippen LogP contribution in [-0.4, -0.2) is 0 Å². The highest BCUT2D eigenvalue weighted by atomic mass is 14.6. The second-order valence-electron chi connectivity index (χ2n) is 13.3. The molecule has 9 aromatic carbocycles. The Balaban J connectivity index is 1.16. The van der Waals surface area contributed by atoms with Crippen molar-refractivity contribution in [3.8, 4) is 33.4 Å². The first-order valence-corrected chi connectivity index (χ1v) is 16.8. The minimum Gasteiger partial charge on any atom is -0.398 e. The molecule has 10 rings (SSSR count). The number of benzene rings is 9. The Morgan fingerprint density at radius 1 is 0.367 bits per heavy atom. The molecule has 0 heterocycles. The fraction of sp³-hybridized carbons (Fsp3) is 0.0213. The van der Waals surface area contributed by atoms with Crippen LogP contribution in [0.25, 0.3) is 65.7 Å². The third kappa shape index (κ3) is 3.83. The summed E-state index contributed by atoms with van der Waals surface area (Å²) < 4.78 is 0. The van der Waals surface area contributed by atoms with Gasteiger partial charge < -0.3 is 11.5 Å². The lowest BCUT2D eigenvalue weighted by molar-refractivity contribution is 0.769. The van der Waals surface area contributed by atoms with Crippen LogP contribution in [0.3, 0.4) is 0 Å². The summed E-state index contributed by atoms with van der Waals surface area (Å²) in [6.45, 7) is 0. The summed E-state index contributed by atoms with van der Waals surface area (Å²) in [6.07, 6.45) is 0. The van der Waals surface area contributed by atoms with Gasteiger partial charge in [0.2, 0.25) is 0 Å². The predicted octanol–water partition coefficient (Wildman–Crippen LogP) is 11.4. The predicted molar refractivity (Wildman–Crippen MR) is 207 cm³/mol. The smallest absolute Gasteiger partial charge is 0.0713 e. The molecular formula is C47H32N2. The number of hydrogen-bond donors (Lipinski definition) is 2. The normalized spacial score (nSPS) is 13.2. The highest BCUT2D eigenvalue weighted by Gasteiger charge is 2.45. The van der Waals surface area contributed by atoms with E-state index in [1.165, 1.54) is 60.5 Å². The summed E-state index contributed by atoms with van der Waals surface area (Å²) in [6, 6.07) is 61.6. The molecule has 4 N–H and O–H groups in total. The molecule has 0 spiro atoms. The second-order valence-corrected chi connectivity index (χ2v) is 13.3. The maximum absolute atomic E-state index is 7.04. The van der Waals surface area contributed by atoms with Crippen molar-refractivity contribution >= 4 is 43.7 Å². The van der Waals surface area contributed by atoms with Crippen LogP contribution in [0.1, 0.15) is 22.3 Å². The molecule has 1 aliphatic rings. The van der Waals surface area contributed by atoms with Gasteiger partial charge in [-0.15, -0.1) is 0 Å². The molecular weight excluding hydrogens is 593 g/mol. The average molecular weight is 625 g/mol. The molecule has 0 atom stereocenters. The standard InChI is InChI=1S/C47H32N2/c48-43-25-22-29-20-24-39-45-33(21-23-38(43)44(29)45)28-40(46(39)49)32-12-8-10-30(26-32)31-11-9-15-35(27-31)47(34-13-2-1-3-14-34)41-18-6-4-16-36(41)37-17-5-7-19-42(37)47/h1-28H,48-49H2. The van der Waals surface area contributed by atoms with Crippen molar-refractivity contribution in [3.63, 3.8) is 0 Å². The van der Waals surface area contributed by atoms with E-state index in [1.807, 2.05) is 6.07 Å². The van der Waals surface area contributed by atoms with E-state index in [4.69, 9.17) is 11.5 Å². The van der Waals surface area contributed by atoms with Crippen LogP contribution < -0.4 is 11.5 Å². The summed E-state index contributed by atoms with van der Waals surface area (Å²) in [5, 5.41) is 6.84. The SMILES string of the molecule is Nc1ccc2ccc3c(N)c(-c4cccc(-c5cccc(C6(c7ccccc7)c7ccccc7-c7ccccc76)c5)c4)cc4ccc1c2c43. The molecule has 0 fully saturated rings. The molecule has 2 heteroatoms. The van der Waals surface area contributed by atoms with E-state index in [2.05, 4.69) is 164 Å². The molecule has 1 aliphatic carbocycles. The number of fused-ring (bicyclic) bond motifs is 3. The minimum atomic E-state index is -0.440. The fourth-order valence-corrected chi connectivity index (χ4v) is 8.67. The number of rotatable bonds is 4. The fourth-order valence-electron chi connectivity index (χ4n) is 8.67. The molecule has 0 radical (unpaired) electrons. The van der Waals surface area contributed by atoms with Gasteiger partial charge in [-0.05, 0) is 95.9 Å². The van der Waals surface area contributed by atoms with Gasteiger partial charge in [-0.3, -0.25) is 0 Å². The third-order valence-electron chi connectivity index (χ3n) is 10.8. The zero-order chi connectivity index (χ0) is 32.7. The van der Waals surface area contributed by atoms with Gasteiger partial charge >= 0.3 is 0 Å². The van der Waals surface area contributed by atoms with Crippen LogP contribution in [0.5, 0.6) is 0 Å². The summed E-state index contributed by atoms with van der Waals surface area (Å²) in [5.41, 5.74) is 26.8. The van der Waals surface area contributed by atoms with Crippen molar-refractivity contribution in [2.75, 3.05) is 11.5 Å². The number of anilines is 2. The molecule has 2 nitrogen and oxygen atoms in total. The van der Waals surface area contributed by atoms with Crippen LogP contribution in [0.15, 0.2) is 170 Å². The van der Waals surface area contributed by atoms with Gasteiger partial charge in [0.1, 0.15) is 0 Å². The Morgan fingerprint density at radius 2 is 0.939 bits per heavy atom. The third-order valence-corrected chi connectivity index (χ3v) is 10.8. The Hall–Kier alpha value is -6.38. The summed E-state index contributed by atoms with van der Waals surface area (Å²) >= 11 is 0. The molecule has 0 bridgehead atoms. The lowest BCUT2D eigenvalue weighted by Gasteiger charge is -2.34. The van der Waals surface area contributed by atoms with Gasteiger partial charge in [-0.2, -0.15) is 0 Å². The maximum atomic E-state index is 7.04. The highest BCUT2D eigenvalue weighted by Crippen LogP contribution is 2.56. The molecule has 0 saturated heterocycles. The number of hydrogen-bond acceptors (Lipinski definition) is 2. The molecule has 9 aromatic rings. The van der Waals surface area contributed by atoms with Gasteiger partial charge in [-0.25, -0.2) is 0 Å². The molecule has 230 valence electrons. The Morgan fingerprint density at radius 3 is 1.71 bits per heavy atom. The van der Waals surface area contributed by atoms with Gasteiger partial charge in [0.25, 0.3) is 0 Å². The molecule has 0 unspecified atom stereocenters. The monoisotopic (exact) mass is 624 g/mol. The van der Waals surface area contributed by atoms with Crippen molar-refractivity contribution in [2.45, 2.75) is 5.41 Å². The van der Waals surface area contributed by atoms with Crippen LogP contribution in [0.2, 0.25) is 0 Å². The number of nitrogens with two attached hydrogens (primary N) is 2. The van der Waals surface area contributed by atoms with E-state index in [9.17, 15) is 0 Å². The zero-order valence-electron chi connectivity index (χ0n) is 26.8. The van der Waals surface area contributed by atoms with Crippen LogP contribution in [0, 0.1) is 0 Å². The molecule has 0 saturated carbocycles. The molecule has 0 aliphatic heterocycles. The van der Waals surface area contributed by atoms with E-state index in [0.29, 0.717) is 0 Å². The van der Waals surface area contributed by atoms with Crippen molar-refractivity contribution in [1.82, 2.24) is 0 Å². The van der Waals surface area contributed by atoms with Gasteiger partial charge in [0, 0.05) is 27.7 Å². The lowest BCUT2D eigenvalue weighted by Crippen LogP contribution is -2.28. The van der Waals surface area contributed by atoms with E-state index in [1.54, 1.807) is 0 Å². The average Bonchev–Trinajstić information content (AvgIpc) is 3.47. The first kappa shape index (κ1) is 27.7. The van der Waals surface area contributed by atoms with E-state index in [-0.39, 0.29) is 0 Å². The molecule has 49 heavy (non-hydrogen) atoms. The summed E-state index contributed by atoms with van der Waals surface area (Å²) in [4.78, 5) is 0. The highest BCUT2D eigenvalue weighted by molar-refractivity contribution is 6.28. The van der Waals surface area contributed by atoms with E-state index in [0.717, 1.165) is 38.8 Å². The van der Waals surface area contributed by atoms with Gasteiger partial charge in [0.05, 0.1) is 5.41 Å². The second kappa shape index (κ2) is 10.3. The lowest BCUT2D eigenvalue weighted by atomic mass is 9.67. The van der Waals surface area contributed by atoms with Crippen LogP contribution in [0.4, 0.5) is 11.4 Å². The van der Waals surface area contributed by atoms with Crippen molar-refractivity contribution in [1.29, 1.82) is 0 Å². The Labute approximate surface area is 285 Å². The summed E-state index contributed by atoms with van der Waals surface area (Å²) in [7, 11) is 0. The Bertz CT molecular complexity index is 2690. The first-order chi connectivity index (χ1) is 24.1. The largest absolute Gasteiger partial charge is 0.398 e. The minimum absolute atomic E-state index is 0.440. The van der Waals surface area contributed by atoms with Crippen molar-refractivity contribution < 1.29 is 0 Å². The quantitative estimate of drug-likeness (QED) is 0.151. The van der Waals surface area contributed by atoms with Crippen molar-refractivity contribution in [2.24, 2.45) is 0 Å². The number of nitrogen functional groups attached to an aromatic ring is 2. The van der Waals surface area contributed by atoms with Crippen molar-refractivity contribution in [3.05, 3.63) is 192 Å². The van der Waals surface area contributed by atoms with Gasteiger partial charge in [0.15, 0.2) is 0 Å². The zero-order valence-corrected chi connectivity index (χ0v) is 26.8. The van der Waals surface area contributed by atoms with Crippen LogP contribution in [-0.2, 0) is 5.41 Å². The van der Waals surface area contributed by atoms with E-state index < -0.39 is 5.41 Å². The molecule has 0 aromatic heterocycles.